The lowest BCUT2D eigenvalue weighted by atomic mass is 10.1. The summed E-state index contributed by atoms with van der Waals surface area (Å²) in [6, 6.07) is 12.9. The summed E-state index contributed by atoms with van der Waals surface area (Å²) in [6.07, 6.45) is 0.946. The molecule has 2 unspecified atom stereocenters. The molecule has 0 bridgehead atoms. The third-order valence-electron chi connectivity index (χ3n) is 8.44. The Morgan fingerprint density at radius 3 is 2.83 bits per heavy atom. The van der Waals surface area contributed by atoms with E-state index in [-0.39, 0.29) is 31.2 Å². The number of aromatic nitrogens is 4. The normalized spacial score (nSPS) is 23.9. The van der Waals surface area contributed by atoms with E-state index in [0.717, 1.165) is 40.9 Å². The van der Waals surface area contributed by atoms with Gasteiger partial charge in [-0.1, -0.05) is 30.0 Å². The maximum absolute atomic E-state index is 14.3. The molecule has 0 radical (unpaired) electrons. The number of hydrogen-bond acceptors (Lipinski definition) is 4. The average molecular weight is 541 g/mol. The maximum atomic E-state index is 14.3. The number of benzene rings is 1. The number of carbonyl (C=O) groups is 1. The lowest BCUT2D eigenvalue weighted by Crippen LogP contribution is -2.31. The number of carbonyl (C=O) groups excluding carboxylic acids is 1. The van der Waals surface area contributed by atoms with Crippen molar-refractivity contribution in [2.75, 3.05) is 26.3 Å². The summed E-state index contributed by atoms with van der Waals surface area (Å²) in [7, 11) is 0. The van der Waals surface area contributed by atoms with Crippen LogP contribution in [-0.4, -0.2) is 62.8 Å². The van der Waals surface area contributed by atoms with Crippen LogP contribution in [0.1, 0.15) is 44.9 Å². The molecule has 204 valence electrons. The van der Waals surface area contributed by atoms with Gasteiger partial charge in [0.2, 0.25) is 0 Å². The molecule has 4 aromatic rings. The van der Waals surface area contributed by atoms with Gasteiger partial charge in [0.15, 0.2) is 0 Å². The van der Waals surface area contributed by atoms with Crippen LogP contribution in [0.2, 0.25) is 0 Å². The quantitative estimate of drug-likeness (QED) is 0.363. The molecule has 1 amide bonds. The van der Waals surface area contributed by atoms with E-state index < -0.39 is 12.2 Å². The number of para-hydroxylation sites is 1. The molecule has 0 spiro atoms. The summed E-state index contributed by atoms with van der Waals surface area (Å²) in [6.45, 7) is 4.14. The Kier molecular flexibility index (Phi) is 6.16. The number of piperidine rings is 1. The fourth-order valence-electron chi connectivity index (χ4n) is 6.43. The van der Waals surface area contributed by atoms with Crippen molar-refractivity contribution >= 4 is 16.8 Å². The van der Waals surface area contributed by atoms with Crippen molar-refractivity contribution in [3.05, 3.63) is 82.8 Å². The molecule has 3 aliphatic rings. The van der Waals surface area contributed by atoms with Gasteiger partial charge >= 0.3 is 0 Å². The first-order valence-corrected chi connectivity index (χ1v) is 13.8. The van der Waals surface area contributed by atoms with Crippen molar-refractivity contribution in [1.29, 1.82) is 0 Å². The molecule has 2 aliphatic heterocycles. The Morgan fingerprint density at radius 1 is 1.20 bits per heavy atom. The Morgan fingerprint density at radius 2 is 2.02 bits per heavy atom. The van der Waals surface area contributed by atoms with Gasteiger partial charge in [0.1, 0.15) is 24.6 Å². The van der Waals surface area contributed by atoms with Gasteiger partial charge in [-0.25, -0.2) is 18.7 Å². The minimum Gasteiger partial charge on any atom is -0.356 e. The standard InChI is InChI=1S/C31H30F2N6O/c1-18-10-19(6-7-22-23-15-38(9-8-32)16-24(22)23)11-27(35-18)31(40)37-29(26-12-20-4-2-3-5-25(20)36-26)30-28-13-21(33)14-39(28)17-34-30/h2-5,10-12,17,21-24,29,36H,8-9,13-16H2,1H3,(H,37,40)/t21-,22?,23-,24+,29?/m1/s1. The molecule has 1 aliphatic carbocycles. The number of pyridine rings is 1. The number of halogens is 2. The number of aryl methyl sites for hydroxylation is 1. The number of hydrogen-bond donors (Lipinski definition) is 2. The van der Waals surface area contributed by atoms with Crippen molar-refractivity contribution in [3.63, 3.8) is 0 Å². The van der Waals surface area contributed by atoms with Gasteiger partial charge in [-0.15, -0.1) is 0 Å². The van der Waals surface area contributed by atoms with Crippen LogP contribution in [0.3, 0.4) is 0 Å². The molecule has 2 N–H and O–H groups in total. The summed E-state index contributed by atoms with van der Waals surface area (Å²) >= 11 is 0. The highest BCUT2D eigenvalue weighted by Gasteiger charge is 2.54. The molecule has 7 nitrogen and oxygen atoms in total. The molecule has 1 aromatic carbocycles. The summed E-state index contributed by atoms with van der Waals surface area (Å²) in [4.78, 5) is 28.3. The molecular formula is C31H30F2N6O. The maximum Gasteiger partial charge on any atom is 0.270 e. The molecule has 5 heterocycles. The van der Waals surface area contributed by atoms with Gasteiger partial charge in [0.25, 0.3) is 5.91 Å². The third-order valence-corrected chi connectivity index (χ3v) is 8.44. The minimum absolute atomic E-state index is 0.263. The van der Waals surface area contributed by atoms with Crippen molar-refractivity contribution in [3.8, 4) is 11.8 Å². The van der Waals surface area contributed by atoms with E-state index in [1.54, 1.807) is 12.4 Å². The van der Waals surface area contributed by atoms with Gasteiger partial charge in [0, 0.05) is 60.1 Å². The predicted octanol–water partition coefficient (Wildman–Crippen LogP) is 3.98. The number of imidazole rings is 1. The van der Waals surface area contributed by atoms with Crippen LogP contribution >= 0.6 is 0 Å². The molecule has 1 saturated carbocycles. The van der Waals surface area contributed by atoms with E-state index in [2.05, 4.69) is 37.0 Å². The van der Waals surface area contributed by atoms with Crippen LogP contribution in [0.15, 0.2) is 48.8 Å². The number of likely N-dealkylation sites (tertiary alicyclic amines) is 1. The number of nitrogens with zero attached hydrogens (tertiary/aromatic N) is 4. The first-order chi connectivity index (χ1) is 19.5. The van der Waals surface area contributed by atoms with Crippen LogP contribution in [0.25, 0.3) is 10.9 Å². The van der Waals surface area contributed by atoms with E-state index >= 15 is 0 Å². The van der Waals surface area contributed by atoms with E-state index in [9.17, 15) is 13.6 Å². The second-order valence-corrected chi connectivity index (χ2v) is 11.2. The Hall–Kier alpha value is -4.03. The average Bonchev–Trinajstić information content (AvgIpc) is 3.45. The SMILES string of the molecule is Cc1cc(C#CC2[C@H]3CN(CCF)C[C@@H]23)cc(C(=O)NC(c2cc3ccccc3[nH]2)c2ncn3c2C[C@@H](F)C3)n1. The van der Waals surface area contributed by atoms with Crippen LogP contribution in [0.5, 0.6) is 0 Å². The molecule has 5 atom stereocenters. The number of nitrogens with one attached hydrogen (secondary N) is 2. The lowest BCUT2D eigenvalue weighted by molar-refractivity contribution is 0.0936. The number of rotatable bonds is 6. The largest absolute Gasteiger partial charge is 0.356 e. The summed E-state index contributed by atoms with van der Waals surface area (Å²) < 4.78 is 28.7. The highest BCUT2D eigenvalue weighted by Crippen LogP contribution is 2.51. The van der Waals surface area contributed by atoms with Gasteiger partial charge < -0.3 is 19.8 Å². The summed E-state index contributed by atoms with van der Waals surface area (Å²) in [5.41, 5.74) is 4.86. The number of fused-ring (bicyclic) bond motifs is 3. The van der Waals surface area contributed by atoms with E-state index in [4.69, 9.17) is 0 Å². The monoisotopic (exact) mass is 540 g/mol. The molecule has 2 fully saturated rings. The number of aromatic amines is 1. The zero-order chi connectivity index (χ0) is 27.4. The van der Waals surface area contributed by atoms with E-state index in [0.29, 0.717) is 35.7 Å². The van der Waals surface area contributed by atoms with Crippen LogP contribution in [0.4, 0.5) is 8.78 Å². The van der Waals surface area contributed by atoms with Crippen molar-refractivity contribution in [1.82, 2.24) is 29.7 Å². The second kappa shape index (κ2) is 9.86. The number of H-pyrrole nitrogens is 1. The molecule has 9 heteroatoms. The number of alkyl halides is 2. The van der Waals surface area contributed by atoms with Gasteiger partial charge in [0.05, 0.1) is 18.6 Å². The smallest absolute Gasteiger partial charge is 0.270 e. The summed E-state index contributed by atoms with van der Waals surface area (Å²) in [5.74, 6) is 7.66. The zero-order valence-electron chi connectivity index (χ0n) is 22.2. The molecular weight excluding hydrogens is 510 g/mol. The second-order valence-electron chi connectivity index (χ2n) is 11.2. The predicted molar refractivity (Wildman–Crippen MR) is 147 cm³/mol. The first kappa shape index (κ1) is 25.0. The zero-order valence-corrected chi connectivity index (χ0v) is 22.2. The summed E-state index contributed by atoms with van der Waals surface area (Å²) in [5, 5.41) is 4.14. The lowest BCUT2D eigenvalue weighted by Gasteiger charge is -2.17. The Labute approximate surface area is 231 Å². The van der Waals surface area contributed by atoms with E-state index in [1.807, 2.05) is 47.9 Å². The van der Waals surface area contributed by atoms with Gasteiger partial charge in [-0.2, -0.15) is 0 Å². The van der Waals surface area contributed by atoms with Crippen LogP contribution in [0, 0.1) is 36.5 Å². The topological polar surface area (TPSA) is 78.8 Å². The van der Waals surface area contributed by atoms with Crippen molar-refractivity contribution < 1.29 is 13.6 Å². The number of amides is 1. The Bertz CT molecular complexity index is 1620. The highest BCUT2D eigenvalue weighted by molar-refractivity contribution is 5.93. The fourth-order valence-corrected chi connectivity index (χ4v) is 6.43. The van der Waals surface area contributed by atoms with Crippen molar-refractivity contribution in [2.45, 2.75) is 32.1 Å². The van der Waals surface area contributed by atoms with Crippen LogP contribution < -0.4 is 5.32 Å². The fraction of sp³-hybridized carbons (Fsp3) is 0.387. The van der Waals surface area contributed by atoms with E-state index in [1.165, 1.54) is 0 Å². The van der Waals surface area contributed by atoms with Gasteiger partial charge in [-0.3, -0.25) is 4.79 Å². The molecule has 7 rings (SSSR count). The molecule has 3 aromatic heterocycles. The van der Waals surface area contributed by atoms with Crippen LogP contribution in [-0.2, 0) is 13.0 Å². The highest BCUT2D eigenvalue weighted by atomic mass is 19.1. The minimum atomic E-state index is -0.965. The Balaban J connectivity index is 1.15. The molecule has 1 saturated heterocycles. The third kappa shape index (κ3) is 4.56. The first-order valence-electron chi connectivity index (χ1n) is 13.8. The van der Waals surface area contributed by atoms with Crippen molar-refractivity contribution in [2.24, 2.45) is 17.8 Å². The molecule has 40 heavy (non-hydrogen) atoms. The van der Waals surface area contributed by atoms with Gasteiger partial charge in [-0.05, 0) is 48.4 Å².